The lowest BCUT2D eigenvalue weighted by Gasteiger charge is -2.07. The fourth-order valence-electron chi connectivity index (χ4n) is 3.37. The molecular formula is C24H16N4O2S. The zero-order valence-electron chi connectivity index (χ0n) is 16.2. The Morgan fingerprint density at radius 1 is 0.613 bits per heavy atom. The molecule has 2 N–H and O–H groups in total. The number of thiophene rings is 1. The lowest BCUT2D eigenvalue weighted by Crippen LogP contribution is -2.11. The first-order valence-electron chi connectivity index (χ1n) is 9.59. The molecule has 5 rings (SSSR count). The minimum atomic E-state index is -0.269. The van der Waals surface area contributed by atoms with E-state index in [9.17, 15) is 9.59 Å². The maximum Gasteiger partial charge on any atom is 0.265 e. The summed E-state index contributed by atoms with van der Waals surface area (Å²) in [7, 11) is 0. The monoisotopic (exact) mass is 424 g/mol. The minimum absolute atomic E-state index is 0.269. The van der Waals surface area contributed by atoms with Gasteiger partial charge in [0.15, 0.2) is 0 Å². The van der Waals surface area contributed by atoms with Gasteiger partial charge in [0.2, 0.25) is 0 Å². The van der Waals surface area contributed by atoms with Crippen LogP contribution in [0, 0.1) is 0 Å². The number of nitrogens with zero attached hydrogens (tertiary/aromatic N) is 2. The van der Waals surface area contributed by atoms with E-state index in [0.717, 1.165) is 33.1 Å². The van der Waals surface area contributed by atoms with Crippen molar-refractivity contribution in [3.63, 3.8) is 0 Å². The first kappa shape index (κ1) is 18.9. The molecule has 6 nitrogen and oxygen atoms in total. The molecule has 2 aromatic carbocycles. The third-order valence-corrected chi connectivity index (χ3v) is 5.92. The smallest absolute Gasteiger partial charge is 0.265 e. The second-order valence-electron chi connectivity index (χ2n) is 6.82. The number of fused-ring (bicyclic) bond motifs is 2. The summed E-state index contributed by atoms with van der Waals surface area (Å²) in [5.74, 6) is -0.537. The zero-order valence-corrected chi connectivity index (χ0v) is 17.0. The van der Waals surface area contributed by atoms with Gasteiger partial charge in [0.05, 0.1) is 32.2 Å². The molecule has 0 aliphatic heterocycles. The van der Waals surface area contributed by atoms with Gasteiger partial charge in [-0.2, -0.15) is 0 Å². The summed E-state index contributed by atoms with van der Waals surface area (Å²) in [6.07, 6.45) is 3.42. The van der Waals surface area contributed by atoms with Gasteiger partial charge in [-0.05, 0) is 60.7 Å². The number of hydrogen-bond donors (Lipinski definition) is 2. The van der Waals surface area contributed by atoms with Gasteiger partial charge in [-0.1, -0.05) is 12.1 Å². The molecule has 31 heavy (non-hydrogen) atoms. The third kappa shape index (κ3) is 3.74. The number of hydrogen-bond acceptors (Lipinski definition) is 5. The van der Waals surface area contributed by atoms with E-state index in [1.165, 1.54) is 0 Å². The molecule has 0 spiro atoms. The van der Waals surface area contributed by atoms with E-state index in [-0.39, 0.29) is 11.8 Å². The molecule has 0 aliphatic rings. The maximum absolute atomic E-state index is 12.8. The van der Waals surface area contributed by atoms with Crippen molar-refractivity contribution in [2.45, 2.75) is 0 Å². The fraction of sp³-hybridized carbons (Fsp3) is 0. The highest BCUT2D eigenvalue weighted by Gasteiger charge is 2.16. The number of aromatic nitrogens is 2. The van der Waals surface area contributed by atoms with Crippen molar-refractivity contribution in [1.82, 2.24) is 9.97 Å². The van der Waals surface area contributed by atoms with Crippen LogP contribution in [0.2, 0.25) is 0 Å². The van der Waals surface area contributed by atoms with Crippen molar-refractivity contribution in [1.29, 1.82) is 0 Å². The van der Waals surface area contributed by atoms with E-state index in [1.54, 1.807) is 24.5 Å². The van der Waals surface area contributed by atoms with Crippen LogP contribution in [0.15, 0.2) is 85.2 Å². The predicted molar refractivity (Wildman–Crippen MR) is 124 cm³/mol. The van der Waals surface area contributed by atoms with Gasteiger partial charge in [0.25, 0.3) is 11.8 Å². The summed E-state index contributed by atoms with van der Waals surface area (Å²) in [5.41, 5.74) is 2.96. The fourth-order valence-corrected chi connectivity index (χ4v) is 4.17. The van der Waals surface area contributed by atoms with E-state index < -0.39 is 0 Å². The summed E-state index contributed by atoms with van der Waals surface area (Å²) in [6.45, 7) is 0. The number of nitrogens with one attached hydrogen (secondary N) is 2. The molecule has 3 heterocycles. The van der Waals surface area contributed by atoms with Crippen molar-refractivity contribution < 1.29 is 9.59 Å². The summed E-state index contributed by atoms with van der Waals surface area (Å²) >= 11 is 1.14. The van der Waals surface area contributed by atoms with Crippen LogP contribution in [0.1, 0.15) is 19.3 Å². The van der Waals surface area contributed by atoms with Crippen LogP contribution in [0.5, 0.6) is 0 Å². The zero-order chi connectivity index (χ0) is 21.2. The lowest BCUT2D eigenvalue weighted by atomic mass is 10.2. The second kappa shape index (κ2) is 7.97. The molecule has 7 heteroatoms. The van der Waals surface area contributed by atoms with Gasteiger partial charge in [0, 0.05) is 23.2 Å². The summed E-state index contributed by atoms with van der Waals surface area (Å²) in [5, 5.41) is 7.56. The molecule has 0 saturated carbocycles. The van der Waals surface area contributed by atoms with Gasteiger partial charge in [-0.3, -0.25) is 19.6 Å². The molecule has 5 aromatic rings. The van der Waals surface area contributed by atoms with E-state index in [1.807, 2.05) is 60.7 Å². The molecule has 3 aromatic heterocycles. The number of pyridine rings is 2. The van der Waals surface area contributed by atoms with Gasteiger partial charge in [-0.25, -0.2) is 0 Å². The number of carbonyl (C=O) groups is 2. The first-order chi connectivity index (χ1) is 15.2. The van der Waals surface area contributed by atoms with Gasteiger partial charge in [-0.15, -0.1) is 11.3 Å². The minimum Gasteiger partial charge on any atom is -0.321 e. The van der Waals surface area contributed by atoms with E-state index in [4.69, 9.17) is 0 Å². The Hall–Kier alpha value is -4.10. The summed E-state index contributed by atoms with van der Waals surface area (Å²) in [6, 6.07) is 21.9. The Kier molecular flexibility index (Phi) is 4.86. The van der Waals surface area contributed by atoms with Crippen LogP contribution in [0.4, 0.5) is 11.4 Å². The molecule has 2 amide bonds. The lowest BCUT2D eigenvalue weighted by molar-refractivity contribution is 0.102. The predicted octanol–water partition coefficient (Wildman–Crippen LogP) is 5.35. The maximum atomic E-state index is 12.8. The van der Waals surface area contributed by atoms with Crippen molar-refractivity contribution >= 4 is 56.3 Å². The summed E-state index contributed by atoms with van der Waals surface area (Å²) < 4.78 is 0. The average Bonchev–Trinajstić information content (AvgIpc) is 3.30. The first-order valence-corrected chi connectivity index (χ1v) is 10.4. The molecule has 0 bridgehead atoms. The Morgan fingerprint density at radius 2 is 1.10 bits per heavy atom. The molecule has 150 valence electrons. The largest absolute Gasteiger partial charge is 0.321 e. The SMILES string of the molecule is O=C(Nc1cccc2ncccc12)c1ccc(C(=O)Nc2cccc3ncccc23)s1. The molecular weight excluding hydrogens is 408 g/mol. The Bertz CT molecular complexity index is 1330. The molecule has 0 aliphatic carbocycles. The number of carbonyl (C=O) groups excluding carboxylic acids is 2. The van der Waals surface area contributed by atoms with E-state index in [2.05, 4.69) is 20.6 Å². The Morgan fingerprint density at radius 3 is 1.58 bits per heavy atom. The number of benzene rings is 2. The highest BCUT2D eigenvalue weighted by molar-refractivity contribution is 7.16. The molecule has 0 radical (unpaired) electrons. The van der Waals surface area contributed by atoms with Gasteiger partial charge in [0.1, 0.15) is 0 Å². The van der Waals surface area contributed by atoms with Gasteiger partial charge >= 0.3 is 0 Å². The highest BCUT2D eigenvalue weighted by atomic mass is 32.1. The second-order valence-corrected chi connectivity index (χ2v) is 7.91. The Labute approximate surface area is 181 Å². The van der Waals surface area contributed by atoms with Crippen LogP contribution in [-0.2, 0) is 0 Å². The van der Waals surface area contributed by atoms with E-state index in [0.29, 0.717) is 21.1 Å². The molecule has 0 unspecified atom stereocenters. The third-order valence-electron chi connectivity index (χ3n) is 4.84. The number of anilines is 2. The van der Waals surface area contributed by atoms with Crippen molar-refractivity contribution in [3.8, 4) is 0 Å². The molecule has 0 fully saturated rings. The quantitative estimate of drug-likeness (QED) is 0.407. The van der Waals surface area contributed by atoms with Gasteiger partial charge < -0.3 is 10.6 Å². The van der Waals surface area contributed by atoms with Crippen molar-refractivity contribution in [2.24, 2.45) is 0 Å². The van der Waals surface area contributed by atoms with Crippen LogP contribution in [0.3, 0.4) is 0 Å². The van der Waals surface area contributed by atoms with Crippen molar-refractivity contribution in [3.05, 3.63) is 94.9 Å². The molecule has 0 atom stereocenters. The normalized spacial score (nSPS) is 10.8. The topological polar surface area (TPSA) is 84.0 Å². The van der Waals surface area contributed by atoms with Crippen LogP contribution in [0.25, 0.3) is 21.8 Å². The molecule has 0 saturated heterocycles. The highest BCUT2D eigenvalue weighted by Crippen LogP contribution is 2.26. The number of amides is 2. The van der Waals surface area contributed by atoms with Crippen LogP contribution >= 0.6 is 11.3 Å². The average molecular weight is 424 g/mol. The number of rotatable bonds is 4. The standard InChI is InChI=1S/C24H16N4O2S/c29-23(27-19-9-1-7-17-15(19)5-3-13-25-17)21-11-12-22(31-21)24(30)28-20-10-2-8-18-16(20)6-4-14-26-18/h1-14H,(H,27,29)(H,28,30). The Balaban J connectivity index is 1.35. The van der Waals surface area contributed by atoms with Crippen LogP contribution < -0.4 is 10.6 Å². The van der Waals surface area contributed by atoms with E-state index >= 15 is 0 Å². The van der Waals surface area contributed by atoms with Crippen LogP contribution in [-0.4, -0.2) is 21.8 Å². The summed E-state index contributed by atoms with van der Waals surface area (Å²) in [4.78, 5) is 35.0. The van der Waals surface area contributed by atoms with Crippen molar-refractivity contribution in [2.75, 3.05) is 10.6 Å².